The zero-order valence-electron chi connectivity index (χ0n) is 11.3. The molecule has 0 atom stereocenters. The van der Waals surface area contributed by atoms with Crippen molar-refractivity contribution in [2.75, 3.05) is 0 Å². The number of aromatic nitrogens is 2. The first-order chi connectivity index (χ1) is 9.14. The van der Waals surface area contributed by atoms with Crippen molar-refractivity contribution in [1.82, 2.24) is 9.97 Å². The lowest BCUT2D eigenvalue weighted by molar-refractivity contribution is 0.309. The van der Waals surface area contributed by atoms with E-state index in [4.69, 9.17) is 4.98 Å². The highest BCUT2D eigenvalue weighted by atomic mass is 15.0. The van der Waals surface area contributed by atoms with Gasteiger partial charge in [0.05, 0.1) is 11.8 Å². The van der Waals surface area contributed by atoms with Crippen LogP contribution < -0.4 is 0 Å². The maximum Gasteiger partial charge on any atom is 0.127 e. The molecular weight excluding hydrogens is 234 g/mol. The molecule has 1 aromatic carbocycles. The Morgan fingerprint density at radius 3 is 2.68 bits per heavy atom. The summed E-state index contributed by atoms with van der Waals surface area (Å²) in [4.78, 5) is 8.03. The van der Waals surface area contributed by atoms with Gasteiger partial charge in [-0.25, -0.2) is 4.98 Å². The van der Waals surface area contributed by atoms with Crippen molar-refractivity contribution >= 4 is 0 Å². The molecule has 3 rings (SSSR count). The molecule has 0 saturated heterocycles. The number of benzene rings is 1. The largest absolute Gasteiger partial charge is 0.344 e. The summed E-state index contributed by atoms with van der Waals surface area (Å²) >= 11 is 0. The predicted octanol–water partition coefficient (Wildman–Crippen LogP) is 3.64. The van der Waals surface area contributed by atoms with Crippen LogP contribution in [0.4, 0.5) is 0 Å². The van der Waals surface area contributed by atoms with E-state index in [1.165, 1.54) is 5.56 Å². The summed E-state index contributed by atoms with van der Waals surface area (Å²) in [5.41, 5.74) is 3.99. The smallest absolute Gasteiger partial charge is 0.127 e. The summed E-state index contributed by atoms with van der Waals surface area (Å²) in [6, 6.07) is 10.8. The van der Waals surface area contributed by atoms with Gasteiger partial charge in [-0.1, -0.05) is 23.8 Å². The highest BCUT2D eigenvalue weighted by molar-refractivity contribution is 5.63. The molecule has 1 aliphatic carbocycles. The monoisotopic (exact) mass is 251 g/mol. The molecule has 1 saturated carbocycles. The van der Waals surface area contributed by atoms with Crippen LogP contribution in [0.5, 0.6) is 0 Å². The van der Waals surface area contributed by atoms with Gasteiger partial charge in [-0.3, -0.25) is 0 Å². The third-order valence-electron chi connectivity index (χ3n) is 4.05. The van der Waals surface area contributed by atoms with E-state index >= 15 is 0 Å². The molecule has 1 heterocycles. The van der Waals surface area contributed by atoms with Gasteiger partial charge in [0.15, 0.2) is 0 Å². The van der Waals surface area contributed by atoms with Crippen LogP contribution in [0.1, 0.15) is 36.3 Å². The molecule has 1 fully saturated rings. The Kier molecular flexibility index (Phi) is 2.67. The normalized spacial score (nSPS) is 16.7. The fraction of sp³-hybridized carbons (Fsp3) is 0.375. The topological polar surface area (TPSA) is 52.5 Å². The number of aryl methyl sites for hydroxylation is 2. The van der Waals surface area contributed by atoms with E-state index in [1.54, 1.807) is 0 Å². The molecule has 1 aromatic heterocycles. The summed E-state index contributed by atoms with van der Waals surface area (Å²) in [5, 5.41) is 9.39. The maximum absolute atomic E-state index is 9.39. The Labute approximate surface area is 113 Å². The van der Waals surface area contributed by atoms with Gasteiger partial charge in [0, 0.05) is 11.3 Å². The second-order valence-corrected chi connectivity index (χ2v) is 5.48. The number of nitrogens with one attached hydrogen (secondary N) is 1. The van der Waals surface area contributed by atoms with E-state index in [0.717, 1.165) is 42.0 Å². The molecule has 3 heteroatoms. The van der Waals surface area contributed by atoms with Gasteiger partial charge >= 0.3 is 0 Å². The highest BCUT2D eigenvalue weighted by Crippen LogP contribution is 2.42. The average molecular weight is 251 g/mol. The molecule has 0 bridgehead atoms. The number of nitriles is 1. The fourth-order valence-electron chi connectivity index (χ4n) is 2.69. The summed E-state index contributed by atoms with van der Waals surface area (Å²) in [5.74, 6) is 0.843. The number of hydrogen-bond acceptors (Lipinski definition) is 2. The van der Waals surface area contributed by atoms with Gasteiger partial charge in [-0.2, -0.15) is 5.26 Å². The Morgan fingerprint density at radius 2 is 2.11 bits per heavy atom. The van der Waals surface area contributed by atoms with Gasteiger partial charge in [-0.05, 0) is 39.2 Å². The Morgan fingerprint density at radius 1 is 1.32 bits per heavy atom. The molecule has 19 heavy (non-hydrogen) atoms. The third kappa shape index (κ3) is 1.84. The summed E-state index contributed by atoms with van der Waals surface area (Å²) in [6.45, 7) is 4.10. The van der Waals surface area contributed by atoms with E-state index in [-0.39, 0.29) is 5.41 Å². The summed E-state index contributed by atoms with van der Waals surface area (Å²) in [6.07, 6.45) is 2.96. The summed E-state index contributed by atoms with van der Waals surface area (Å²) in [7, 11) is 0. The second-order valence-electron chi connectivity index (χ2n) is 5.48. The van der Waals surface area contributed by atoms with Crippen molar-refractivity contribution in [3.63, 3.8) is 0 Å². The number of hydrogen-bond donors (Lipinski definition) is 1. The van der Waals surface area contributed by atoms with Crippen molar-refractivity contribution in [3.05, 3.63) is 41.3 Å². The number of rotatable bonds is 2. The van der Waals surface area contributed by atoms with Crippen LogP contribution in [-0.4, -0.2) is 9.97 Å². The van der Waals surface area contributed by atoms with Crippen LogP contribution in [0.3, 0.4) is 0 Å². The standard InChI is InChI=1S/C16H17N3/c1-11-5-3-6-13(9-11)14-12(2)18-15(19-14)16(10-17)7-4-8-16/h3,5-6,9H,4,7-8H2,1-2H3,(H,18,19). The molecule has 2 aromatic rings. The lowest BCUT2D eigenvalue weighted by Crippen LogP contribution is -2.33. The minimum absolute atomic E-state index is 0.368. The minimum Gasteiger partial charge on any atom is -0.344 e. The van der Waals surface area contributed by atoms with E-state index in [1.807, 2.05) is 13.0 Å². The Hall–Kier alpha value is -2.08. The van der Waals surface area contributed by atoms with Gasteiger partial charge in [0.2, 0.25) is 0 Å². The zero-order chi connectivity index (χ0) is 13.5. The van der Waals surface area contributed by atoms with Crippen molar-refractivity contribution in [2.24, 2.45) is 0 Å². The maximum atomic E-state index is 9.39. The average Bonchev–Trinajstić information content (AvgIpc) is 2.71. The minimum atomic E-state index is -0.368. The molecular formula is C16H17N3. The SMILES string of the molecule is Cc1cccc(-c2nc(C3(C#N)CCC3)[nH]c2C)c1. The second kappa shape index (κ2) is 4.24. The van der Waals surface area contributed by atoms with Gasteiger partial charge < -0.3 is 4.98 Å². The van der Waals surface area contributed by atoms with Crippen LogP contribution >= 0.6 is 0 Å². The number of imidazole rings is 1. The van der Waals surface area contributed by atoms with Crippen molar-refractivity contribution in [2.45, 2.75) is 38.5 Å². The quantitative estimate of drug-likeness (QED) is 0.886. The van der Waals surface area contributed by atoms with Crippen LogP contribution in [0.25, 0.3) is 11.3 Å². The number of nitrogens with zero attached hydrogens (tertiary/aromatic N) is 2. The first-order valence-corrected chi connectivity index (χ1v) is 6.70. The van der Waals surface area contributed by atoms with Crippen LogP contribution in [0.15, 0.2) is 24.3 Å². The molecule has 0 unspecified atom stereocenters. The van der Waals surface area contributed by atoms with Gasteiger partial charge in [0.1, 0.15) is 11.2 Å². The van der Waals surface area contributed by atoms with E-state index < -0.39 is 0 Å². The highest BCUT2D eigenvalue weighted by Gasteiger charge is 2.42. The molecule has 0 spiro atoms. The molecule has 1 aliphatic rings. The molecule has 0 amide bonds. The van der Waals surface area contributed by atoms with Crippen molar-refractivity contribution in [3.8, 4) is 17.3 Å². The van der Waals surface area contributed by atoms with Crippen LogP contribution in [-0.2, 0) is 5.41 Å². The van der Waals surface area contributed by atoms with Gasteiger partial charge in [-0.15, -0.1) is 0 Å². The number of aromatic amines is 1. The molecule has 0 radical (unpaired) electrons. The lowest BCUT2D eigenvalue weighted by Gasteiger charge is -2.32. The number of H-pyrrole nitrogens is 1. The Bertz CT molecular complexity index is 657. The van der Waals surface area contributed by atoms with E-state index in [2.05, 4.69) is 36.2 Å². The zero-order valence-corrected chi connectivity index (χ0v) is 11.3. The third-order valence-corrected chi connectivity index (χ3v) is 4.05. The van der Waals surface area contributed by atoms with E-state index in [0.29, 0.717) is 0 Å². The molecule has 1 N–H and O–H groups in total. The van der Waals surface area contributed by atoms with Gasteiger partial charge in [0.25, 0.3) is 0 Å². The predicted molar refractivity (Wildman–Crippen MR) is 74.6 cm³/mol. The first-order valence-electron chi connectivity index (χ1n) is 6.70. The lowest BCUT2D eigenvalue weighted by atomic mass is 9.69. The van der Waals surface area contributed by atoms with Crippen molar-refractivity contribution < 1.29 is 0 Å². The first kappa shape index (κ1) is 12.0. The van der Waals surface area contributed by atoms with Crippen molar-refractivity contribution in [1.29, 1.82) is 5.26 Å². The molecule has 3 nitrogen and oxygen atoms in total. The molecule has 0 aliphatic heterocycles. The molecule has 96 valence electrons. The Balaban J connectivity index is 2.05. The fourth-order valence-corrected chi connectivity index (χ4v) is 2.69. The summed E-state index contributed by atoms with van der Waals surface area (Å²) < 4.78 is 0. The van der Waals surface area contributed by atoms with E-state index in [9.17, 15) is 5.26 Å². The van der Waals surface area contributed by atoms with Crippen LogP contribution in [0.2, 0.25) is 0 Å². The van der Waals surface area contributed by atoms with Crippen LogP contribution in [0, 0.1) is 25.2 Å².